The van der Waals surface area contributed by atoms with Gasteiger partial charge in [-0.2, -0.15) is 0 Å². The minimum Gasteiger partial charge on any atom is -0.310 e. The molecule has 10 aromatic carbocycles. The van der Waals surface area contributed by atoms with Gasteiger partial charge < -0.3 is 9.47 Å². The largest absolute Gasteiger partial charge is 0.310 e. The molecule has 0 amide bonds. The second-order valence-corrected chi connectivity index (χ2v) is 15.3. The molecule has 0 atom stereocenters. The van der Waals surface area contributed by atoms with Gasteiger partial charge in [0.2, 0.25) is 0 Å². The lowest BCUT2D eigenvalue weighted by molar-refractivity contribution is 1.18. The molecule has 2 nitrogen and oxygen atoms in total. The number of benzene rings is 10. The summed E-state index contributed by atoms with van der Waals surface area (Å²) in [5.74, 6) is 0. The Balaban J connectivity index is 1.15. The van der Waals surface area contributed by atoms with Crippen LogP contribution in [0.5, 0.6) is 0 Å². The average Bonchev–Trinajstić information content (AvgIpc) is 3.67. The molecule has 0 aliphatic heterocycles. The van der Waals surface area contributed by atoms with Crippen LogP contribution in [0.25, 0.3) is 82.8 Å². The van der Waals surface area contributed by atoms with Crippen molar-refractivity contribution in [2.45, 2.75) is 0 Å². The Hall–Kier alpha value is -7.94. The van der Waals surface area contributed by atoms with E-state index in [4.69, 9.17) is 0 Å². The van der Waals surface area contributed by atoms with Gasteiger partial charge in [-0.1, -0.05) is 182 Å². The highest BCUT2D eigenvalue weighted by Crippen LogP contribution is 2.46. The van der Waals surface area contributed by atoms with Crippen molar-refractivity contribution in [3.8, 4) is 50.2 Å². The minimum atomic E-state index is 1.08. The molecule has 0 bridgehead atoms. The first-order valence-corrected chi connectivity index (χ1v) is 20.6. The summed E-state index contributed by atoms with van der Waals surface area (Å²) < 4.78 is 2.40. The zero-order valence-corrected chi connectivity index (χ0v) is 33.0. The Morgan fingerprint density at radius 2 is 0.833 bits per heavy atom. The molecule has 0 spiro atoms. The Bertz CT molecular complexity index is 3290. The van der Waals surface area contributed by atoms with Gasteiger partial charge in [-0.05, 0) is 116 Å². The summed E-state index contributed by atoms with van der Waals surface area (Å²) in [5.41, 5.74) is 16.3. The van der Waals surface area contributed by atoms with Crippen LogP contribution in [0.3, 0.4) is 0 Å². The van der Waals surface area contributed by atoms with Crippen LogP contribution in [-0.2, 0) is 0 Å². The van der Waals surface area contributed by atoms with Crippen LogP contribution in [0.4, 0.5) is 17.1 Å². The van der Waals surface area contributed by atoms with Crippen molar-refractivity contribution in [1.82, 2.24) is 4.57 Å². The van der Waals surface area contributed by atoms with Gasteiger partial charge in [0.1, 0.15) is 0 Å². The van der Waals surface area contributed by atoms with Crippen molar-refractivity contribution in [1.29, 1.82) is 0 Å². The Kier molecular flexibility index (Phi) is 8.87. The predicted octanol–water partition coefficient (Wildman–Crippen LogP) is 16.1. The summed E-state index contributed by atoms with van der Waals surface area (Å²) in [5, 5.41) is 4.88. The molecule has 1 heterocycles. The Morgan fingerprint density at radius 3 is 1.57 bits per heavy atom. The predicted molar refractivity (Wildman–Crippen MR) is 255 cm³/mol. The van der Waals surface area contributed by atoms with Gasteiger partial charge in [0.25, 0.3) is 0 Å². The van der Waals surface area contributed by atoms with Gasteiger partial charge >= 0.3 is 0 Å². The van der Waals surface area contributed by atoms with E-state index in [0.717, 1.165) is 28.3 Å². The van der Waals surface area contributed by atoms with Gasteiger partial charge in [-0.25, -0.2) is 0 Å². The van der Waals surface area contributed by atoms with Gasteiger partial charge in [0.15, 0.2) is 0 Å². The van der Waals surface area contributed by atoms with Crippen molar-refractivity contribution < 1.29 is 0 Å². The van der Waals surface area contributed by atoms with E-state index >= 15 is 0 Å². The fourth-order valence-electron chi connectivity index (χ4n) is 9.00. The molecular formula is C58H40N2. The molecule has 0 saturated carbocycles. The van der Waals surface area contributed by atoms with E-state index in [1.165, 1.54) is 71.6 Å². The molecule has 0 saturated heterocycles. The smallest absolute Gasteiger partial charge is 0.0562 e. The molecule has 0 unspecified atom stereocenters. The van der Waals surface area contributed by atoms with E-state index in [9.17, 15) is 0 Å². The first kappa shape index (κ1) is 35.2. The standard InChI is InChI=1S/C58H40N2/c1-4-18-42(19-5-1)50-25-12-13-26-51(50)44-33-35-48(36-34-44)59(56-29-16-30-57-58(56)53-27-14-15-28-55(53)60(57)47-23-8-3-9-24-47)49-37-38-52(54(40-49)43-20-6-2-7-21-43)46-32-31-41-17-10-11-22-45(41)39-46/h1-40H. The summed E-state index contributed by atoms with van der Waals surface area (Å²) >= 11 is 0. The second-order valence-electron chi connectivity index (χ2n) is 15.3. The van der Waals surface area contributed by atoms with Crippen molar-refractivity contribution in [3.63, 3.8) is 0 Å². The minimum absolute atomic E-state index is 1.08. The van der Waals surface area contributed by atoms with Crippen LogP contribution < -0.4 is 4.90 Å². The molecule has 0 aliphatic carbocycles. The molecule has 1 aromatic heterocycles. The van der Waals surface area contributed by atoms with Crippen LogP contribution in [-0.4, -0.2) is 4.57 Å². The third-order valence-corrected chi connectivity index (χ3v) is 11.8. The number of anilines is 3. The zero-order chi connectivity index (χ0) is 39.8. The SMILES string of the molecule is c1ccc(-c2ccccc2-c2ccc(N(c3ccc(-c4ccc5ccccc5c4)c(-c4ccccc4)c3)c3cccc4c3c3ccccc3n4-c3ccccc3)cc2)cc1. The molecule has 0 N–H and O–H groups in total. The fraction of sp³-hybridized carbons (Fsp3) is 0. The molecule has 2 heteroatoms. The summed E-state index contributed by atoms with van der Waals surface area (Å²) in [6.07, 6.45) is 0. The third kappa shape index (κ3) is 6.23. The monoisotopic (exact) mass is 764 g/mol. The maximum atomic E-state index is 2.45. The summed E-state index contributed by atoms with van der Waals surface area (Å²) in [7, 11) is 0. The Labute approximate surface area is 350 Å². The van der Waals surface area contributed by atoms with E-state index in [-0.39, 0.29) is 0 Å². The molecule has 11 rings (SSSR count). The van der Waals surface area contributed by atoms with Crippen LogP contribution in [0.2, 0.25) is 0 Å². The van der Waals surface area contributed by atoms with E-state index in [1.807, 2.05) is 0 Å². The summed E-state index contributed by atoms with van der Waals surface area (Å²) in [4.78, 5) is 2.45. The number of hydrogen-bond acceptors (Lipinski definition) is 1. The first-order chi connectivity index (χ1) is 29.8. The van der Waals surface area contributed by atoms with Gasteiger partial charge in [0, 0.05) is 27.8 Å². The van der Waals surface area contributed by atoms with E-state index in [1.54, 1.807) is 0 Å². The Morgan fingerprint density at radius 1 is 0.300 bits per heavy atom. The summed E-state index contributed by atoms with van der Waals surface area (Å²) in [6, 6.07) is 87.9. The van der Waals surface area contributed by atoms with Crippen molar-refractivity contribution >= 4 is 49.6 Å². The van der Waals surface area contributed by atoms with Crippen LogP contribution >= 0.6 is 0 Å². The van der Waals surface area contributed by atoms with E-state index in [0.29, 0.717) is 0 Å². The summed E-state index contributed by atoms with van der Waals surface area (Å²) in [6.45, 7) is 0. The van der Waals surface area contributed by atoms with Gasteiger partial charge in [-0.3, -0.25) is 0 Å². The second kappa shape index (κ2) is 15.1. The highest BCUT2D eigenvalue weighted by molar-refractivity contribution is 6.16. The highest BCUT2D eigenvalue weighted by atomic mass is 15.1. The van der Waals surface area contributed by atoms with Gasteiger partial charge in [0.05, 0.1) is 16.7 Å². The quantitative estimate of drug-likeness (QED) is 0.150. The fourth-order valence-corrected chi connectivity index (χ4v) is 9.00. The van der Waals surface area contributed by atoms with E-state index < -0.39 is 0 Å². The average molecular weight is 765 g/mol. The normalized spacial score (nSPS) is 11.3. The van der Waals surface area contributed by atoms with Crippen molar-refractivity contribution in [2.75, 3.05) is 4.90 Å². The molecule has 0 fully saturated rings. The lowest BCUT2D eigenvalue weighted by Crippen LogP contribution is -2.11. The molecule has 0 aliphatic rings. The molecule has 282 valence electrons. The zero-order valence-electron chi connectivity index (χ0n) is 33.0. The van der Waals surface area contributed by atoms with Crippen LogP contribution in [0, 0.1) is 0 Å². The lowest BCUT2D eigenvalue weighted by atomic mass is 9.92. The van der Waals surface area contributed by atoms with Gasteiger partial charge in [-0.15, -0.1) is 0 Å². The van der Waals surface area contributed by atoms with Crippen LogP contribution in [0.1, 0.15) is 0 Å². The number of hydrogen-bond donors (Lipinski definition) is 0. The van der Waals surface area contributed by atoms with Crippen molar-refractivity contribution in [3.05, 3.63) is 243 Å². The highest BCUT2D eigenvalue weighted by Gasteiger charge is 2.22. The molecule has 0 radical (unpaired) electrons. The number of fused-ring (bicyclic) bond motifs is 4. The van der Waals surface area contributed by atoms with Crippen LogP contribution in [0.15, 0.2) is 243 Å². The number of rotatable bonds is 8. The van der Waals surface area contributed by atoms with E-state index in [2.05, 4.69) is 252 Å². The van der Waals surface area contributed by atoms with Crippen molar-refractivity contribution in [2.24, 2.45) is 0 Å². The number of nitrogens with zero attached hydrogens (tertiary/aromatic N) is 2. The third-order valence-electron chi connectivity index (χ3n) is 11.8. The first-order valence-electron chi connectivity index (χ1n) is 20.6. The molecule has 11 aromatic rings. The maximum Gasteiger partial charge on any atom is 0.0562 e. The lowest BCUT2D eigenvalue weighted by Gasteiger charge is -2.28. The topological polar surface area (TPSA) is 8.17 Å². The number of para-hydroxylation sites is 2. The molecule has 60 heavy (non-hydrogen) atoms. The number of aromatic nitrogens is 1. The molecular weight excluding hydrogens is 725 g/mol. The maximum absolute atomic E-state index is 2.45.